The molecule has 0 bridgehead atoms. The first-order chi connectivity index (χ1) is 17.8. The number of aliphatic hydroxyl groups excluding tert-OH is 1. The highest BCUT2D eigenvalue weighted by Gasteiger charge is 2.45. The van der Waals surface area contributed by atoms with Crippen LogP contribution in [0.1, 0.15) is 46.0 Å². The van der Waals surface area contributed by atoms with Crippen molar-refractivity contribution < 1.29 is 9.84 Å². The summed E-state index contributed by atoms with van der Waals surface area (Å²) in [5.41, 5.74) is 2.78. The van der Waals surface area contributed by atoms with E-state index in [1.807, 2.05) is 59.0 Å². The van der Waals surface area contributed by atoms with Gasteiger partial charge in [-0.05, 0) is 79.4 Å². The number of nitrogens with one attached hydrogen (secondary N) is 1. The maximum atomic E-state index is 10.1. The Morgan fingerprint density at radius 2 is 1.89 bits per heavy atom. The Labute approximate surface area is 227 Å². The van der Waals surface area contributed by atoms with E-state index in [9.17, 15) is 5.11 Å². The molecule has 1 aromatic carbocycles. The Kier molecular flexibility index (Phi) is 7.47. The maximum Gasteiger partial charge on any atom is 0.154 e. The molecular weight excluding hydrogens is 532 g/mol. The summed E-state index contributed by atoms with van der Waals surface area (Å²) in [4.78, 5) is 2.13. The van der Waals surface area contributed by atoms with E-state index in [-0.39, 0.29) is 5.54 Å². The summed E-state index contributed by atoms with van der Waals surface area (Å²) < 4.78 is 10.4. The SMILES string of the molecule is CCOC(O)CC1CCC(C2(C)Nc3c(-c4cnn(-c5ccccc5)c4)cnn3C(N(C)C)=C2Br)CC1. The van der Waals surface area contributed by atoms with Crippen LogP contribution in [0.5, 0.6) is 0 Å². The van der Waals surface area contributed by atoms with Crippen LogP contribution in [0.25, 0.3) is 22.6 Å². The fourth-order valence-corrected chi connectivity index (χ4v) is 6.78. The van der Waals surface area contributed by atoms with Gasteiger partial charge in [-0.2, -0.15) is 14.9 Å². The first-order valence-electron chi connectivity index (χ1n) is 13.2. The molecule has 1 aliphatic carbocycles. The zero-order valence-electron chi connectivity index (χ0n) is 22.1. The molecule has 1 aliphatic heterocycles. The highest BCUT2D eigenvalue weighted by atomic mass is 79.9. The Hall–Kier alpha value is -2.62. The average Bonchev–Trinajstić information content (AvgIpc) is 3.53. The van der Waals surface area contributed by atoms with Gasteiger partial charge in [-0.25, -0.2) is 4.68 Å². The molecule has 1 fully saturated rings. The van der Waals surface area contributed by atoms with E-state index in [4.69, 9.17) is 9.84 Å². The van der Waals surface area contributed by atoms with Crippen LogP contribution in [-0.4, -0.2) is 62.1 Å². The van der Waals surface area contributed by atoms with E-state index < -0.39 is 6.29 Å². The van der Waals surface area contributed by atoms with Gasteiger partial charge in [0.25, 0.3) is 0 Å². The van der Waals surface area contributed by atoms with Crippen LogP contribution in [-0.2, 0) is 4.74 Å². The number of hydrogen-bond donors (Lipinski definition) is 2. The highest BCUT2D eigenvalue weighted by molar-refractivity contribution is 9.12. The van der Waals surface area contributed by atoms with E-state index in [1.54, 1.807) is 0 Å². The van der Waals surface area contributed by atoms with Crippen LogP contribution in [0.15, 0.2) is 53.4 Å². The molecule has 5 rings (SSSR count). The molecule has 3 aromatic rings. The van der Waals surface area contributed by atoms with Crippen molar-refractivity contribution in [3.8, 4) is 16.8 Å². The number of benzene rings is 1. The minimum Gasteiger partial charge on any atom is -0.368 e. The molecule has 2 aromatic heterocycles. The van der Waals surface area contributed by atoms with Crippen molar-refractivity contribution in [2.45, 2.75) is 57.8 Å². The van der Waals surface area contributed by atoms with Crippen LogP contribution in [0.2, 0.25) is 0 Å². The summed E-state index contributed by atoms with van der Waals surface area (Å²) in [7, 11) is 4.12. The Morgan fingerprint density at radius 3 is 2.57 bits per heavy atom. The molecule has 8 nitrogen and oxygen atoms in total. The lowest BCUT2D eigenvalue weighted by molar-refractivity contribution is -0.109. The van der Waals surface area contributed by atoms with Crippen molar-refractivity contribution >= 4 is 27.6 Å². The van der Waals surface area contributed by atoms with Gasteiger partial charge in [0.2, 0.25) is 0 Å². The number of para-hydroxylation sites is 1. The number of aromatic nitrogens is 4. The van der Waals surface area contributed by atoms with Gasteiger partial charge in [0.15, 0.2) is 6.29 Å². The number of halogens is 1. The standard InChI is InChI=1S/C28H37BrN6O2/c1-5-37-24(36)15-19-11-13-21(14-12-19)28(2)25(29)27(33(3)4)35-26(32-28)23(17-31-35)20-16-30-34(18-20)22-9-7-6-8-10-22/h6-10,16-19,21,24,32,36H,5,11-15H2,1-4H3. The third-order valence-electron chi connectivity index (χ3n) is 7.90. The van der Waals surface area contributed by atoms with Gasteiger partial charge in [0.1, 0.15) is 11.6 Å². The number of ether oxygens (including phenoxy) is 1. The van der Waals surface area contributed by atoms with E-state index >= 15 is 0 Å². The lowest BCUT2D eigenvalue weighted by atomic mass is 9.71. The van der Waals surface area contributed by atoms with Crippen LogP contribution < -0.4 is 5.32 Å². The van der Waals surface area contributed by atoms with Crippen LogP contribution >= 0.6 is 15.9 Å². The topological polar surface area (TPSA) is 80.4 Å². The normalized spacial score (nSPS) is 24.5. The van der Waals surface area contributed by atoms with Crippen molar-refractivity contribution in [2.75, 3.05) is 26.0 Å². The van der Waals surface area contributed by atoms with Gasteiger partial charge < -0.3 is 20.1 Å². The van der Waals surface area contributed by atoms with Gasteiger partial charge in [-0.15, -0.1) is 0 Å². The number of rotatable bonds is 8. The second-order valence-corrected chi connectivity index (χ2v) is 11.3. The third-order valence-corrected chi connectivity index (χ3v) is 9.07. The molecule has 9 heteroatoms. The fraction of sp³-hybridized carbons (Fsp3) is 0.500. The number of anilines is 1. The summed E-state index contributed by atoms with van der Waals surface area (Å²) in [6.45, 7) is 4.77. The van der Waals surface area contributed by atoms with Crippen molar-refractivity contribution in [2.24, 2.45) is 11.8 Å². The average molecular weight is 570 g/mol. The fourth-order valence-electron chi connectivity index (χ4n) is 5.84. The quantitative estimate of drug-likeness (QED) is 0.346. The molecule has 2 aliphatic rings. The van der Waals surface area contributed by atoms with Gasteiger partial charge in [-0.3, -0.25) is 0 Å². The molecule has 0 amide bonds. The van der Waals surface area contributed by atoms with Crippen molar-refractivity contribution in [1.29, 1.82) is 0 Å². The monoisotopic (exact) mass is 568 g/mol. The zero-order chi connectivity index (χ0) is 26.2. The summed E-state index contributed by atoms with van der Waals surface area (Å²) in [6.07, 6.45) is 10.3. The number of fused-ring (bicyclic) bond motifs is 1. The van der Waals surface area contributed by atoms with Gasteiger partial charge in [0, 0.05) is 44.4 Å². The molecule has 0 radical (unpaired) electrons. The van der Waals surface area contributed by atoms with Gasteiger partial charge in [-0.1, -0.05) is 18.2 Å². The predicted molar refractivity (Wildman–Crippen MR) is 150 cm³/mol. The van der Waals surface area contributed by atoms with Crippen LogP contribution in [0, 0.1) is 11.8 Å². The van der Waals surface area contributed by atoms with Crippen molar-refractivity contribution in [1.82, 2.24) is 24.5 Å². The van der Waals surface area contributed by atoms with Crippen LogP contribution in [0.3, 0.4) is 0 Å². The van der Waals surface area contributed by atoms with E-state index in [0.29, 0.717) is 24.9 Å². The lowest BCUT2D eigenvalue weighted by Crippen LogP contribution is -2.49. The Morgan fingerprint density at radius 1 is 1.16 bits per heavy atom. The van der Waals surface area contributed by atoms with Crippen LogP contribution in [0.4, 0.5) is 5.82 Å². The number of nitrogens with zero attached hydrogens (tertiary/aromatic N) is 5. The minimum atomic E-state index is -0.657. The molecule has 2 atom stereocenters. The summed E-state index contributed by atoms with van der Waals surface area (Å²) in [5, 5.41) is 23.4. The minimum absolute atomic E-state index is 0.288. The molecular formula is C28H37BrN6O2. The Balaban J connectivity index is 1.43. The highest BCUT2D eigenvalue weighted by Crippen LogP contribution is 2.49. The van der Waals surface area contributed by atoms with E-state index in [0.717, 1.165) is 58.6 Å². The zero-order valence-corrected chi connectivity index (χ0v) is 23.6. The number of aliphatic hydroxyl groups is 1. The summed E-state index contributed by atoms with van der Waals surface area (Å²) in [6, 6.07) is 10.1. The third kappa shape index (κ3) is 4.96. The molecule has 0 saturated heterocycles. The second kappa shape index (κ2) is 10.6. The molecule has 2 unspecified atom stereocenters. The summed E-state index contributed by atoms with van der Waals surface area (Å²) in [5.74, 6) is 2.94. The smallest absolute Gasteiger partial charge is 0.154 e. The maximum absolute atomic E-state index is 10.1. The molecule has 1 saturated carbocycles. The first-order valence-corrected chi connectivity index (χ1v) is 13.9. The lowest BCUT2D eigenvalue weighted by Gasteiger charge is -2.46. The Bertz CT molecular complexity index is 1240. The van der Waals surface area contributed by atoms with Crippen molar-refractivity contribution in [3.63, 3.8) is 0 Å². The predicted octanol–water partition coefficient (Wildman–Crippen LogP) is 5.55. The van der Waals surface area contributed by atoms with E-state index in [2.05, 4.69) is 58.5 Å². The number of hydrogen-bond acceptors (Lipinski definition) is 6. The molecule has 37 heavy (non-hydrogen) atoms. The molecule has 2 N–H and O–H groups in total. The second-order valence-electron chi connectivity index (χ2n) is 10.6. The first kappa shape index (κ1) is 26.0. The molecule has 0 spiro atoms. The largest absolute Gasteiger partial charge is 0.368 e. The molecule has 3 heterocycles. The van der Waals surface area contributed by atoms with E-state index in [1.165, 1.54) is 0 Å². The van der Waals surface area contributed by atoms with Gasteiger partial charge >= 0.3 is 0 Å². The molecule has 198 valence electrons. The van der Waals surface area contributed by atoms with Crippen molar-refractivity contribution in [3.05, 3.63) is 53.4 Å². The van der Waals surface area contributed by atoms with Gasteiger partial charge in [0.05, 0.1) is 28.1 Å². The summed E-state index contributed by atoms with van der Waals surface area (Å²) >= 11 is 4.00.